The van der Waals surface area contributed by atoms with Crippen LogP contribution in [0.4, 0.5) is 22.9 Å². The Bertz CT molecular complexity index is 1740. The second kappa shape index (κ2) is 8.99. The second-order valence-electron chi connectivity index (χ2n) is 8.63. The molecule has 176 valence electrons. The van der Waals surface area contributed by atoms with Gasteiger partial charge in [0.05, 0.1) is 11.6 Å². The third-order valence-electron chi connectivity index (χ3n) is 6.47. The van der Waals surface area contributed by atoms with E-state index >= 15 is 0 Å². The number of H-pyrrole nitrogens is 1. The van der Waals surface area contributed by atoms with E-state index in [1.54, 1.807) is 30.6 Å². The Balaban J connectivity index is 1.52. The smallest absolute Gasteiger partial charge is 0.283 e. The highest BCUT2D eigenvalue weighted by Gasteiger charge is 2.44. The molecule has 1 aromatic heterocycles. The van der Waals surface area contributed by atoms with Crippen LogP contribution in [-0.4, -0.2) is 16.3 Å². The lowest BCUT2D eigenvalue weighted by atomic mass is 10.0. The molecule has 7 heteroatoms. The lowest BCUT2D eigenvalue weighted by Gasteiger charge is -2.28. The molecule has 1 aliphatic rings. The van der Waals surface area contributed by atoms with Gasteiger partial charge in [0.2, 0.25) is 12.0 Å². The van der Waals surface area contributed by atoms with Crippen LogP contribution in [0, 0.1) is 11.3 Å². The molecule has 0 aliphatic carbocycles. The average Bonchev–Trinajstić information content (AvgIpc) is 3.35. The summed E-state index contributed by atoms with van der Waals surface area (Å²) in [6.45, 7) is 0. The average molecular weight is 501 g/mol. The number of hydrogen-bond donors (Lipinski definition) is 1. The minimum absolute atomic E-state index is 0.0166. The first-order valence-corrected chi connectivity index (χ1v) is 12.0. The molecule has 1 aliphatic heterocycles. The first kappa shape index (κ1) is 22.6. The summed E-state index contributed by atoms with van der Waals surface area (Å²) >= 11 is 6.19. The molecule has 6 rings (SSSR count). The van der Waals surface area contributed by atoms with Crippen molar-refractivity contribution in [3.63, 3.8) is 0 Å². The molecule has 1 atom stereocenters. The molecular weight excluding hydrogens is 482 g/mol. The van der Waals surface area contributed by atoms with Crippen molar-refractivity contribution in [2.75, 3.05) is 0 Å². The fraction of sp³-hybridized carbons (Fsp3) is 0. The van der Waals surface area contributed by atoms with E-state index in [1.165, 1.54) is 0 Å². The fourth-order valence-corrected chi connectivity index (χ4v) is 4.70. The number of aliphatic imine (C=N–C) groups is 1. The Labute approximate surface area is 218 Å². The summed E-state index contributed by atoms with van der Waals surface area (Å²) in [5.74, 6) is 0.914. The van der Waals surface area contributed by atoms with Gasteiger partial charge in [-0.15, -0.1) is 0 Å². The Morgan fingerprint density at radius 1 is 0.757 bits per heavy atom. The van der Waals surface area contributed by atoms with Gasteiger partial charge in [-0.25, -0.2) is 0 Å². The van der Waals surface area contributed by atoms with E-state index in [1.807, 2.05) is 66.7 Å². The standard InChI is InChI=1S/C30H18ClN5O/c31-24-12-16-26(17-13-24)36(25-14-6-20(18-32)7-15-25)19-33-27-29(36)34-28(35-30(27)37)23-10-8-22(9-11-23)21-4-2-1-3-5-21/h1-17,19H/p+1. The molecule has 5 aromatic rings. The number of fused-ring (bicyclic) bond motifs is 1. The van der Waals surface area contributed by atoms with E-state index in [9.17, 15) is 10.1 Å². The van der Waals surface area contributed by atoms with Crippen molar-refractivity contribution < 1.29 is 0 Å². The van der Waals surface area contributed by atoms with Crippen molar-refractivity contribution in [3.05, 3.63) is 124 Å². The topological polar surface area (TPSA) is 81.9 Å². The molecule has 0 radical (unpaired) electrons. The van der Waals surface area contributed by atoms with E-state index in [0.717, 1.165) is 28.1 Å². The van der Waals surface area contributed by atoms with Gasteiger partial charge in [0.25, 0.3) is 11.4 Å². The summed E-state index contributed by atoms with van der Waals surface area (Å²) < 4.78 is -0.0166. The molecule has 0 fully saturated rings. The van der Waals surface area contributed by atoms with Gasteiger partial charge in [0, 0.05) is 34.9 Å². The SMILES string of the molecule is N#Cc1ccc([N+]2(c3ccc(Cl)cc3)C=Nc3c2nc(-c2ccc(-c4ccccc4)cc2)[nH]c3=O)cc1. The van der Waals surface area contributed by atoms with E-state index in [4.69, 9.17) is 16.6 Å². The molecule has 4 aromatic carbocycles. The van der Waals surface area contributed by atoms with Crippen molar-refractivity contribution >= 4 is 40.8 Å². The molecule has 6 nitrogen and oxygen atoms in total. The summed E-state index contributed by atoms with van der Waals surface area (Å²) in [7, 11) is 0. The predicted molar refractivity (Wildman–Crippen MR) is 148 cm³/mol. The van der Waals surface area contributed by atoms with Gasteiger partial charge in [-0.05, 0) is 35.4 Å². The molecule has 2 heterocycles. The van der Waals surface area contributed by atoms with E-state index in [2.05, 4.69) is 28.2 Å². The van der Waals surface area contributed by atoms with Crippen LogP contribution in [0.25, 0.3) is 22.5 Å². The zero-order valence-corrected chi connectivity index (χ0v) is 20.2. The highest BCUT2D eigenvalue weighted by molar-refractivity contribution is 6.30. The van der Waals surface area contributed by atoms with Crippen LogP contribution in [0.2, 0.25) is 5.02 Å². The van der Waals surface area contributed by atoms with Crippen LogP contribution in [0.1, 0.15) is 5.56 Å². The summed E-state index contributed by atoms with van der Waals surface area (Å²) in [5, 5.41) is 9.89. The highest BCUT2D eigenvalue weighted by Crippen LogP contribution is 2.48. The number of nitrogens with zero attached hydrogens (tertiary/aromatic N) is 4. The quantitative estimate of drug-likeness (QED) is 0.263. The number of nitrogens with one attached hydrogen (secondary N) is 1. The number of nitriles is 1. The number of halogens is 1. The summed E-state index contributed by atoms with van der Waals surface area (Å²) in [6.07, 6.45) is 1.69. The van der Waals surface area contributed by atoms with E-state index < -0.39 is 0 Å². The summed E-state index contributed by atoms with van der Waals surface area (Å²) in [5.41, 5.74) is 4.99. The van der Waals surface area contributed by atoms with Gasteiger partial charge in [0.1, 0.15) is 17.2 Å². The summed E-state index contributed by atoms with van der Waals surface area (Å²) in [6, 6.07) is 34.7. The van der Waals surface area contributed by atoms with Crippen molar-refractivity contribution in [1.82, 2.24) is 14.5 Å². The molecule has 1 N–H and O–H groups in total. The highest BCUT2D eigenvalue weighted by atomic mass is 35.5. The van der Waals surface area contributed by atoms with Crippen molar-refractivity contribution in [2.24, 2.45) is 4.99 Å². The monoisotopic (exact) mass is 500 g/mol. The Kier molecular flexibility index (Phi) is 5.50. The van der Waals surface area contributed by atoms with Gasteiger partial charge < -0.3 is 4.98 Å². The van der Waals surface area contributed by atoms with Gasteiger partial charge in [0.15, 0.2) is 0 Å². The third kappa shape index (κ3) is 3.83. The lowest BCUT2D eigenvalue weighted by Crippen LogP contribution is -2.36. The van der Waals surface area contributed by atoms with Crippen molar-refractivity contribution in [3.8, 4) is 28.6 Å². The zero-order chi connectivity index (χ0) is 25.4. The fourth-order valence-electron chi connectivity index (χ4n) is 4.58. The van der Waals surface area contributed by atoms with Crippen LogP contribution in [0.3, 0.4) is 0 Å². The number of quaternary nitrogens is 1. The molecule has 0 saturated heterocycles. The number of aromatic nitrogens is 2. The first-order valence-electron chi connectivity index (χ1n) is 11.6. The minimum atomic E-state index is -0.328. The van der Waals surface area contributed by atoms with E-state index in [-0.39, 0.29) is 15.7 Å². The molecule has 0 bridgehead atoms. The van der Waals surface area contributed by atoms with Crippen molar-refractivity contribution in [2.45, 2.75) is 0 Å². The number of hydrogen-bond acceptors (Lipinski definition) is 4. The Morgan fingerprint density at radius 3 is 2.00 bits per heavy atom. The van der Waals surface area contributed by atoms with E-state index in [0.29, 0.717) is 22.2 Å². The third-order valence-corrected chi connectivity index (χ3v) is 6.73. The van der Waals surface area contributed by atoms with Crippen LogP contribution >= 0.6 is 11.6 Å². The lowest BCUT2D eigenvalue weighted by molar-refractivity contribution is 0.758. The minimum Gasteiger partial charge on any atom is -0.304 e. The molecule has 37 heavy (non-hydrogen) atoms. The maximum Gasteiger partial charge on any atom is 0.283 e. The van der Waals surface area contributed by atoms with Crippen LogP contribution in [-0.2, 0) is 0 Å². The van der Waals surface area contributed by atoms with Gasteiger partial charge in [-0.2, -0.15) is 19.7 Å². The number of benzene rings is 4. The first-order chi connectivity index (χ1) is 18.1. The van der Waals surface area contributed by atoms with Gasteiger partial charge in [-0.1, -0.05) is 66.2 Å². The molecular formula is C30H19ClN5O+. The number of rotatable bonds is 4. The maximum atomic E-state index is 13.2. The number of aromatic amines is 1. The van der Waals surface area contributed by atoms with Gasteiger partial charge in [-0.3, -0.25) is 4.79 Å². The molecule has 0 saturated carbocycles. The predicted octanol–water partition coefficient (Wildman–Crippen LogP) is 7.27. The normalized spacial score (nSPS) is 15.8. The van der Waals surface area contributed by atoms with Crippen LogP contribution < -0.4 is 10.0 Å². The molecule has 0 amide bonds. The Hall–Kier alpha value is -4.83. The Morgan fingerprint density at radius 2 is 1.35 bits per heavy atom. The molecule has 1 unspecified atom stereocenters. The van der Waals surface area contributed by atoms with Gasteiger partial charge >= 0.3 is 0 Å². The largest absolute Gasteiger partial charge is 0.304 e. The van der Waals surface area contributed by atoms with Crippen molar-refractivity contribution in [1.29, 1.82) is 5.26 Å². The zero-order valence-electron chi connectivity index (χ0n) is 19.5. The summed E-state index contributed by atoms with van der Waals surface area (Å²) in [4.78, 5) is 25.6. The maximum absolute atomic E-state index is 13.2. The second-order valence-corrected chi connectivity index (χ2v) is 9.07. The van der Waals surface area contributed by atoms with Crippen LogP contribution in [0.15, 0.2) is 113 Å². The van der Waals surface area contributed by atoms with Crippen LogP contribution in [0.5, 0.6) is 0 Å². The molecule has 0 spiro atoms.